The first-order chi connectivity index (χ1) is 6.64. The summed E-state index contributed by atoms with van der Waals surface area (Å²) in [6.07, 6.45) is 7.13. The van der Waals surface area contributed by atoms with Crippen molar-refractivity contribution in [3.05, 3.63) is 12.7 Å². The third-order valence-corrected chi connectivity index (χ3v) is 3.58. The van der Waals surface area contributed by atoms with E-state index in [4.69, 9.17) is 0 Å². The maximum atomic E-state index is 10.2. The number of aliphatic hydroxyl groups excluding tert-OH is 2. The molecule has 0 bridgehead atoms. The Kier molecular flexibility index (Phi) is 4.14. The van der Waals surface area contributed by atoms with Crippen LogP contribution in [0.5, 0.6) is 0 Å². The Morgan fingerprint density at radius 3 is 2.43 bits per heavy atom. The minimum atomic E-state index is -0.526. The van der Waals surface area contributed by atoms with E-state index in [1.54, 1.807) is 6.08 Å². The molecule has 0 unspecified atom stereocenters. The van der Waals surface area contributed by atoms with Gasteiger partial charge in [0.2, 0.25) is 0 Å². The molecule has 0 saturated heterocycles. The Balaban J connectivity index is 2.60. The molecule has 2 N–H and O–H groups in total. The van der Waals surface area contributed by atoms with E-state index < -0.39 is 11.5 Å². The van der Waals surface area contributed by atoms with Gasteiger partial charge in [-0.3, -0.25) is 0 Å². The average molecular weight is 198 g/mol. The minimum absolute atomic E-state index is 0.0197. The van der Waals surface area contributed by atoms with Crippen molar-refractivity contribution in [2.45, 2.75) is 45.1 Å². The minimum Gasteiger partial charge on any atom is -0.395 e. The molecule has 1 saturated carbocycles. The van der Waals surface area contributed by atoms with E-state index in [2.05, 4.69) is 6.58 Å². The molecule has 0 radical (unpaired) electrons. The Morgan fingerprint density at radius 2 is 2.00 bits per heavy atom. The molecule has 0 aliphatic heterocycles. The fraction of sp³-hybridized carbons (Fsp3) is 0.833. The maximum absolute atomic E-state index is 10.2. The van der Waals surface area contributed by atoms with Crippen molar-refractivity contribution < 1.29 is 10.2 Å². The smallest absolute Gasteiger partial charge is 0.0678 e. The number of rotatable bonds is 4. The predicted octanol–water partition coefficient (Wildman–Crippen LogP) is 2.11. The van der Waals surface area contributed by atoms with Crippen LogP contribution in [0.25, 0.3) is 0 Å². The summed E-state index contributed by atoms with van der Waals surface area (Å²) >= 11 is 0. The van der Waals surface area contributed by atoms with Crippen molar-refractivity contribution in [3.63, 3.8) is 0 Å². The molecular formula is C12H22O2. The summed E-state index contributed by atoms with van der Waals surface area (Å²) in [5, 5.41) is 19.4. The normalized spacial score (nSPS) is 25.4. The first-order valence-corrected chi connectivity index (χ1v) is 5.56. The second-order valence-corrected chi connectivity index (χ2v) is 4.71. The van der Waals surface area contributed by atoms with Gasteiger partial charge in [-0.15, -0.1) is 6.58 Å². The highest BCUT2D eigenvalue weighted by molar-refractivity contribution is 4.99. The Morgan fingerprint density at radius 1 is 1.43 bits per heavy atom. The van der Waals surface area contributed by atoms with E-state index in [0.717, 1.165) is 12.8 Å². The first-order valence-electron chi connectivity index (χ1n) is 5.56. The quantitative estimate of drug-likeness (QED) is 0.679. The molecule has 0 heterocycles. The second-order valence-electron chi connectivity index (χ2n) is 4.71. The van der Waals surface area contributed by atoms with Crippen LogP contribution in [0, 0.1) is 11.3 Å². The summed E-state index contributed by atoms with van der Waals surface area (Å²) in [5.41, 5.74) is -0.526. The van der Waals surface area contributed by atoms with Gasteiger partial charge in [0.05, 0.1) is 12.7 Å². The molecule has 1 aliphatic rings. The largest absolute Gasteiger partial charge is 0.395 e. The lowest BCUT2D eigenvalue weighted by Gasteiger charge is -2.37. The highest BCUT2D eigenvalue weighted by Gasteiger charge is 2.35. The number of aliphatic hydroxyl groups is 2. The van der Waals surface area contributed by atoms with Crippen LogP contribution in [0.2, 0.25) is 0 Å². The van der Waals surface area contributed by atoms with Gasteiger partial charge in [0.1, 0.15) is 0 Å². The zero-order chi connectivity index (χ0) is 10.6. The summed E-state index contributed by atoms with van der Waals surface area (Å²) in [7, 11) is 0. The molecule has 1 fully saturated rings. The third kappa shape index (κ3) is 2.37. The van der Waals surface area contributed by atoms with Crippen molar-refractivity contribution >= 4 is 0 Å². The van der Waals surface area contributed by atoms with Gasteiger partial charge in [0.15, 0.2) is 0 Å². The zero-order valence-corrected chi connectivity index (χ0v) is 9.08. The lowest BCUT2D eigenvalue weighted by Crippen LogP contribution is -2.40. The van der Waals surface area contributed by atoms with Gasteiger partial charge >= 0.3 is 0 Å². The molecule has 0 aromatic heterocycles. The van der Waals surface area contributed by atoms with Gasteiger partial charge in [0, 0.05) is 5.41 Å². The van der Waals surface area contributed by atoms with Gasteiger partial charge in [-0.1, -0.05) is 32.3 Å². The molecule has 14 heavy (non-hydrogen) atoms. The topological polar surface area (TPSA) is 40.5 Å². The van der Waals surface area contributed by atoms with E-state index in [-0.39, 0.29) is 6.61 Å². The molecule has 82 valence electrons. The van der Waals surface area contributed by atoms with E-state index in [1.165, 1.54) is 19.3 Å². The molecule has 0 aromatic carbocycles. The summed E-state index contributed by atoms with van der Waals surface area (Å²) in [4.78, 5) is 0. The van der Waals surface area contributed by atoms with E-state index in [0.29, 0.717) is 5.92 Å². The zero-order valence-electron chi connectivity index (χ0n) is 9.08. The molecular weight excluding hydrogens is 176 g/mol. The fourth-order valence-electron chi connectivity index (χ4n) is 2.27. The number of hydrogen-bond acceptors (Lipinski definition) is 2. The van der Waals surface area contributed by atoms with Crippen molar-refractivity contribution in [2.24, 2.45) is 11.3 Å². The molecule has 1 aliphatic carbocycles. The SMILES string of the molecule is C=C[C@](C)(CO)[C@@H](O)C1CCCCC1. The molecule has 1 rings (SSSR count). The maximum Gasteiger partial charge on any atom is 0.0678 e. The molecule has 2 nitrogen and oxygen atoms in total. The summed E-state index contributed by atoms with van der Waals surface area (Å²) in [6.45, 7) is 5.55. The van der Waals surface area contributed by atoms with Crippen LogP contribution in [0.1, 0.15) is 39.0 Å². The molecule has 0 aromatic rings. The standard InChI is InChI=1S/C12H22O2/c1-3-12(2,9-13)11(14)10-7-5-4-6-8-10/h3,10-11,13-14H,1,4-9H2,2H3/t11-,12+/m0/s1. The van der Waals surface area contributed by atoms with Crippen LogP contribution in [-0.2, 0) is 0 Å². The fourth-order valence-corrected chi connectivity index (χ4v) is 2.27. The van der Waals surface area contributed by atoms with Crippen LogP contribution in [0.15, 0.2) is 12.7 Å². The Labute approximate surface area is 86.6 Å². The van der Waals surface area contributed by atoms with E-state index in [9.17, 15) is 10.2 Å². The van der Waals surface area contributed by atoms with Gasteiger partial charge in [-0.25, -0.2) is 0 Å². The summed E-state index contributed by atoms with van der Waals surface area (Å²) in [5.74, 6) is 0.346. The summed E-state index contributed by atoms with van der Waals surface area (Å²) < 4.78 is 0. The molecule has 0 spiro atoms. The van der Waals surface area contributed by atoms with E-state index >= 15 is 0 Å². The van der Waals surface area contributed by atoms with Crippen molar-refractivity contribution in [1.29, 1.82) is 0 Å². The van der Waals surface area contributed by atoms with Crippen LogP contribution in [0.4, 0.5) is 0 Å². The van der Waals surface area contributed by atoms with Gasteiger partial charge in [-0.2, -0.15) is 0 Å². The molecule has 2 heteroatoms. The molecule has 0 amide bonds. The monoisotopic (exact) mass is 198 g/mol. The van der Waals surface area contributed by atoms with E-state index in [1.807, 2.05) is 6.92 Å². The lowest BCUT2D eigenvalue weighted by atomic mass is 9.73. The third-order valence-electron chi connectivity index (χ3n) is 3.58. The predicted molar refractivity (Wildman–Crippen MR) is 58.0 cm³/mol. The highest BCUT2D eigenvalue weighted by Crippen LogP contribution is 2.35. The Hall–Kier alpha value is -0.340. The second kappa shape index (κ2) is 4.94. The number of hydrogen-bond donors (Lipinski definition) is 2. The van der Waals surface area contributed by atoms with Gasteiger partial charge < -0.3 is 10.2 Å². The van der Waals surface area contributed by atoms with Crippen LogP contribution in [-0.4, -0.2) is 22.9 Å². The van der Waals surface area contributed by atoms with Gasteiger partial charge in [0.25, 0.3) is 0 Å². The summed E-state index contributed by atoms with van der Waals surface area (Å²) in [6, 6.07) is 0. The molecule has 2 atom stereocenters. The van der Waals surface area contributed by atoms with Crippen molar-refractivity contribution in [2.75, 3.05) is 6.61 Å². The van der Waals surface area contributed by atoms with Crippen LogP contribution in [0.3, 0.4) is 0 Å². The van der Waals surface area contributed by atoms with Crippen LogP contribution < -0.4 is 0 Å². The Bertz CT molecular complexity index is 185. The van der Waals surface area contributed by atoms with Crippen molar-refractivity contribution in [3.8, 4) is 0 Å². The first kappa shape index (κ1) is 11.7. The van der Waals surface area contributed by atoms with Crippen LogP contribution >= 0.6 is 0 Å². The highest BCUT2D eigenvalue weighted by atomic mass is 16.3. The van der Waals surface area contributed by atoms with Crippen molar-refractivity contribution in [1.82, 2.24) is 0 Å². The average Bonchev–Trinajstić information content (AvgIpc) is 2.28. The lowest BCUT2D eigenvalue weighted by molar-refractivity contribution is -0.0228. The van der Waals surface area contributed by atoms with Gasteiger partial charge in [-0.05, 0) is 18.8 Å².